The van der Waals surface area contributed by atoms with Crippen molar-refractivity contribution < 1.29 is 4.74 Å². The predicted molar refractivity (Wildman–Crippen MR) is 77.3 cm³/mol. The smallest absolute Gasteiger partial charge is 0.215 e. The van der Waals surface area contributed by atoms with Gasteiger partial charge in [0.15, 0.2) is 0 Å². The van der Waals surface area contributed by atoms with Gasteiger partial charge in [-0.15, -0.1) is 0 Å². The highest BCUT2D eigenvalue weighted by atomic mass is 79.9. The first-order chi connectivity index (χ1) is 9.36. The summed E-state index contributed by atoms with van der Waals surface area (Å²) in [5, 5.41) is 1.92. The Balaban J connectivity index is 1.78. The van der Waals surface area contributed by atoms with Gasteiger partial charge in [-0.3, -0.25) is 4.98 Å². The maximum Gasteiger partial charge on any atom is 0.215 e. The van der Waals surface area contributed by atoms with Crippen LogP contribution in [0.5, 0.6) is 5.88 Å². The number of halogens is 1. The number of nitrogens with one attached hydrogen (secondary N) is 1. The van der Waals surface area contributed by atoms with Crippen LogP contribution in [0.15, 0.2) is 42.7 Å². The van der Waals surface area contributed by atoms with E-state index in [1.165, 1.54) is 5.56 Å². The van der Waals surface area contributed by atoms with Gasteiger partial charge < -0.3 is 9.72 Å². The molecule has 0 bridgehead atoms. The van der Waals surface area contributed by atoms with Gasteiger partial charge in [0.2, 0.25) is 5.88 Å². The van der Waals surface area contributed by atoms with Gasteiger partial charge in [0.1, 0.15) is 12.3 Å². The Morgan fingerprint density at radius 2 is 2.16 bits per heavy atom. The molecule has 0 unspecified atom stereocenters. The summed E-state index contributed by atoms with van der Waals surface area (Å²) in [6, 6.07) is 9.65. The molecule has 4 nitrogen and oxygen atoms in total. The third-order valence-electron chi connectivity index (χ3n) is 2.84. The van der Waals surface area contributed by atoms with E-state index in [-0.39, 0.29) is 0 Å². The number of hydrogen-bond donors (Lipinski definition) is 1. The lowest BCUT2D eigenvalue weighted by molar-refractivity contribution is 0.290. The zero-order valence-electron chi connectivity index (χ0n) is 10.1. The molecule has 0 aliphatic rings. The van der Waals surface area contributed by atoms with E-state index in [4.69, 9.17) is 4.74 Å². The lowest BCUT2D eigenvalue weighted by Gasteiger charge is -2.04. The van der Waals surface area contributed by atoms with Crippen LogP contribution in [0.4, 0.5) is 0 Å². The molecule has 1 N–H and O–H groups in total. The van der Waals surface area contributed by atoms with E-state index in [0.29, 0.717) is 12.5 Å². The normalized spacial score (nSPS) is 10.8. The third-order valence-corrected chi connectivity index (χ3v) is 3.44. The average molecular weight is 318 g/mol. The van der Waals surface area contributed by atoms with Gasteiger partial charge in [-0.05, 0) is 23.8 Å². The van der Waals surface area contributed by atoms with Crippen molar-refractivity contribution in [2.24, 2.45) is 0 Å². The van der Waals surface area contributed by atoms with E-state index in [2.05, 4.69) is 30.9 Å². The van der Waals surface area contributed by atoms with Crippen LogP contribution in [0.2, 0.25) is 0 Å². The minimum absolute atomic E-state index is 0.422. The highest BCUT2D eigenvalue weighted by Gasteiger charge is 2.05. The number of rotatable bonds is 4. The van der Waals surface area contributed by atoms with Gasteiger partial charge in [0, 0.05) is 29.2 Å². The van der Waals surface area contributed by atoms with Crippen molar-refractivity contribution >= 4 is 27.0 Å². The second-order valence-corrected chi connectivity index (χ2v) is 4.66. The van der Waals surface area contributed by atoms with Gasteiger partial charge in [0.05, 0.1) is 5.69 Å². The predicted octanol–water partition coefficient (Wildman–Crippen LogP) is 3.43. The second kappa shape index (κ2) is 5.40. The molecule has 0 aliphatic carbocycles. The molecule has 3 aromatic heterocycles. The van der Waals surface area contributed by atoms with Crippen molar-refractivity contribution in [1.82, 2.24) is 15.0 Å². The molecule has 0 fully saturated rings. The standard InChI is InChI=1S/C14H12BrN3O/c15-7-10-8-17-14-12(10)4-5-13(18-14)19-9-11-3-1-2-6-16-11/h1-6,8H,7,9H2,(H,17,18). The largest absolute Gasteiger partial charge is 0.471 e. The number of nitrogens with zero attached hydrogens (tertiary/aromatic N) is 2. The third kappa shape index (κ3) is 2.61. The Bertz CT molecular complexity index is 681. The average Bonchev–Trinajstić information content (AvgIpc) is 2.88. The number of ether oxygens (including phenoxy) is 1. The molecule has 3 rings (SSSR count). The van der Waals surface area contributed by atoms with Gasteiger partial charge in [-0.1, -0.05) is 22.0 Å². The molecule has 19 heavy (non-hydrogen) atoms. The lowest BCUT2D eigenvalue weighted by atomic mass is 10.2. The summed E-state index contributed by atoms with van der Waals surface area (Å²) in [6.45, 7) is 0.422. The van der Waals surface area contributed by atoms with Gasteiger partial charge in [-0.25, -0.2) is 0 Å². The SMILES string of the molecule is BrCc1c[nH]c2nc(OCc3ccccn3)ccc12. The summed E-state index contributed by atoms with van der Waals surface area (Å²) in [5.74, 6) is 0.598. The quantitative estimate of drug-likeness (QED) is 0.750. The van der Waals surface area contributed by atoms with E-state index < -0.39 is 0 Å². The van der Waals surface area contributed by atoms with E-state index in [1.54, 1.807) is 6.20 Å². The van der Waals surface area contributed by atoms with Crippen molar-refractivity contribution in [1.29, 1.82) is 0 Å². The van der Waals surface area contributed by atoms with Crippen LogP contribution in [0.3, 0.4) is 0 Å². The number of H-pyrrole nitrogens is 1. The summed E-state index contributed by atoms with van der Waals surface area (Å²) in [6.07, 6.45) is 3.71. The van der Waals surface area contributed by atoms with E-state index in [1.807, 2.05) is 36.5 Å². The van der Waals surface area contributed by atoms with E-state index in [9.17, 15) is 0 Å². The molecule has 0 saturated carbocycles. The molecule has 0 radical (unpaired) electrons. The number of aromatic nitrogens is 3. The first-order valence-corrected chi connectivity index (χ1v) is 7.04. The molecular weight excluding hydrogens is 306 g/mol. The fraction of sp³-hybridized carbons (Fsp3) is 0.143. The van der Waals surface area contributed by atoms with Gasteiger partial charge in [0.25, 0.3) is 0 Å². The maximum atomic E-state index is 5.64. The fourth-order valence-corrected chi connectivity index (χ4v) is 2.33. The summed E-state index contributed by atoms with van der Waals surface area (Å²) in [5.41, 5.74) is 2.92. The Kier molecular flexibility index (Phi) is 3.46. The molecule has 96 valence electrons. The molecule has 3 heterocycles. The summed E-state index contributed by atoms with van der Waals surface area (Å²) in [7, 11) is 0. The first kappa shape index (κ1) is 12.2. The molecule has 0 saturated heterocycles. The monoisotopic (exact) mass is 317 g/mol. The topological polar surface area (TPSA) is 50.8 Å². The summed E-state index contributed by atoms with van der Waals surface area (Å²) in [4.78, 5) is 11.8. The van der Waals surface area contributed by atoms with Crippen LogP contribution in [-0.4, -0.2) is 15.0 Å². The first-order valence-electron chi connectivity index (χ1n) is 5.92. The van der Waals surface area contributed by atoms with E-state index >= 15 is 0 Å². The maximum absolute atomic E-state index is 5.64. The Morgan fingerprint density at radius 1 is 1.21 bits per heavy atom. The minimum atomic E-state index is 0.422. The summed E-state index contributed by atoms with van der Waals surface area (Å²) < 4.78 is 5.64. The number of alkyl halides is 1. The fourth-order valence-electron chi connectivity index (χ4n) is 1.87. The lowest BCUT2D eigenvalue weighted by Crippen LogP contribution is -1.99. The zero-order chi connectivity index (χ0) is 13.1. The zero-order valence-corrected chi connectivity index (χ0v) is 11.7. The minimum Gasteiger partial charge on any atom is -0.471 e. The van der Waals surface area contributed by atoms with Crippen molar-refractivity contribution in [2.75, 3.05) is 0 Å². The molecule has 0 aromatic carbocycles. The highest BCUT2D eigenvalue weighted by molar-refractivity contribution is 9.08. The molecule has 3 aromatic rings. The molecular formula is C14H12BrN3O. The van der Waals surface area contributed by atoms with Crippen molar-refractivity contribution in [3.8, 4) is 5.88 Å². The van der Waals surface area contributed by atoms with Crippen LogP contribution in [0, 0.1) is 0 Å². The van der Waals surface area contributed by atoms with Crippen molar-refractivity contribution in [3.05, 3.63) is 54.0 Å². The highest BCUT2D eigenvalue weighted by Crippen LogP contribution is 2.21. The van der Waals surface area contributed by atoms with E-state index in [0.717, 1.165) is 22.1 Å². The van der Waals surface area contributed by atoms with Crippen LogP contribution in [-0.2, 0) is 11.9 Å². The molecule has 0 spiro atoms. The van der Waals surface area contributed by atoms with Crippen molar-refractivity contribution in [2.45, 2.75) is 11.9 Å². The number of fused-ring (bicyclic) bond motifs is 1. The molecule has 5 heteroatoms. The molecule has 0 amide bonds. The summed E-state index contributed by atoms with van der Waals surface area (Å²) >= 11 is 3.45. The molecule has 0 atom stereocenters. The Labute approximate surface area is 119 Å². The number of aromatic amines is 1. The van der Waals surface area contributed by atoms with Crippen LogP contribution in [0.1, 0.15) is 11.3 Å². The molecule has 0 aliphatic heterocycles. The van der Waals surface area contributed by atoms with Gasteiger partial charge >= 0.3 is 0 Å². The van der Waals surface area contributed by atoms with Crippen LogP contribution >= 0.6 is 15.9 Å². The number of pyridine rings is 2. The Morgan fingerprint density at radius 3 is 2.95 bits per heavy atom. The number of hydrogen-bond acceptors (Lipinski definition) is 3. The van der Waals surface area contributed by atoms with Gasteiger partial charge in [-0.2, -0.15) is 4.98 Å². The van der Waals surface area contributed by atoms with Crippen molar-refractivity contribution in [3.63, 3.8) is 0 Å². The van der Waals surface area contributed by atoms with Crippen LogP contribution in [0.25, 0.3) is 11.0 Å². The Hall–Kier alpha value is -1.88. The second-order valence-electron chi connectivity index (χ2n) is 4.10. The van der Waals surface area contributed by atoms with Crippen LogP contribution < -0.4 is 4.74 Å².